The van der Waals surface area contributed by atoms with Crippen LogP contribution in [0.5, 0.6) is 0 Å². The van der Waals surface area contributed by atoms with Crippen molar-refractivity contribution in [3.63, 3.8) is 0 Å². The van der Waals surface area contributed by atoms with Gasteiger partial charge < -0.3 is 15.0 Å². The second kappa shape index (κ2) is 8.99. The third-order valence-electron chi connectivity index (χ3n) is 4.62. The molecule has 1 aliphatic heterocycles. The Morgan fingerprint density at radius 3 is 2.56 bits per heavy atom. The van der Waals surface area contributed by atoms with Gasteiger partial charge in [0.05, 0.1) is 23.7 Å². The smallest absolute Gasteiger partial charge is 0.409 e. The Kier molecular flexibility index (Phi) is 6.45. The van der Waals surface area contributed by atoms with E-state index < -0.39 is 0 Å². The lowest BCUT2D eigenvalue weighted by Crippen LogP contribution is -2.47. The normalized spacial score (nSPS) is 14.8. The van der Waals surface area contributed by atoms with Gasteiger partial charge in [0.1, 0.15) is 0 Å². The second-order valence-electron chi connectivity index (χ2n) is 6.65. The number of piperidine rings is 1. The number of nitrogens with zero attached hydrogens (tertiary/aromatic N) is 2. The van der Waals surface area contributed by atoms with Gasteiger partial charge in [0.25, 0.3) is 0 Å². The number of nitrogens with one attached hydrogen (secondary N) is 1. The molecule has 1 aromatic heterocycles. The molecule has 1 fully saturated rings. The van der Waals surface area contributed by atoms with E-state index in [4.69, 9.17) is 4.74 Å². The van der Waals surface area contributed by atoms with Crippen LogP contribution in [0.4, 0.5) is 4.79 Å². The van der Waals surface area contributed by atoms with Crippen molar-refractivity contribution in [2.45, 2.75) is 39.2 Å². The van der Waals surface area contributed by atoms with Crippen LogP contribution in [0.2, 0.25) is 0 Å². The first kappa shape index (κ1) is 19.4. The zero-order valence-electron chi connectivity index (χ0n) is 15.7. The maximum atomic E-state index is 12.3. The molecule has 144 valence electrons. The van der Waals surface area contributed by atoms with Crippen molar-refractivity contribution in [3.8, 4) is 11.3 Å². The highest BCUT2D eigenvalue weighted by Gasteiger charge is 2.24. The van der Waals surface area contributed by atoms with Crippen LogP contribution in [-0.2, 0) is 16.0 Å². The molecule has 2 aromatic rings. The molecule has 0 bridgehead atoms. The molecule has 7 heteroatoms. The Morgan fingerprint density at radius 1 is 1.26 bits per heavy atom. The highest BCUT2D eigenvalue weighted by Crippen LogP contribution is 2.22. The van der Waals surface area contributed by atoms with E-state index in [0.29, 0.717) is 26.1 Å². The molecule has 0 spiro atoms. The number of aromatic nitrogens is 1. The van der Waals surface area contributed by atoms with E-state index in [9.17, 15) is 9.59 Å². The molecule has 0 unspecified atom stereocenters. The molecule has 1 aliphatic rings. The number of amides is 2. The Labute approximate surface area is 163 Å². The summed E-state index contributed by atoms with van der Waals surface area (Å²) in [5.74, 6) is 0.0156. The van der Waals surface area contributed by atoms with Crippen LogP contribution >= 0.6 is 11.3 Å². The summed E-state index contributed by atoms with van der Waals surface area (Å²) in [5.41, 5.74) is 3.02. The van der Waals surface area contributed by atoms with Crippen LogP contribution in [0.1, 0.15) is 30.3 Å². The van der Waals surface area contributed by atoms with Crippen LogP contribution < -0.4 is 5.32 Å². The SMILES string of the molecule is CCOC(=O)N1CCC(NC(=O)Cc2ccc(-c3csc(C)n3)cc2)CC1. The number of aryl methyl sites for hydroxylation is 1. The van der Waals surface area contributed by atoms with Crippen LogP contribution in [-0.4, -0.2) is 47.6 Å². The molecule has 1 aromatic carbocycles. The van der Waals surface area contributed by atoms with Crippen molar-refractivity contribution in [3.05, 3.63) is 40.2 Å². The number of ether oxygens (including phenoxy) is 1. The molecule has 0 aliphatic carbocycles. The van der Waals surface area contributed by atoms with Gasteiger partial charge in [-0.05, 0) is 32.3 Å². The van der Waals surface area contributed by atoms with E-state index in [1.165, 1.54) is 0 Å². The molecule has 1 N–H and O–H groups in total. The lowest BCUT2D eigenvalue weighted by molar-refractivity contribution is -0.121. The second-order valence-corrected chi connectivity index (χ2v) is 7.72. The summed E-state index contributed by atoms with van der Waals surface area (Å²) in [5, 5.41) is 6.17. The maximum Gasteiger partial charge on any atom is 0.409 e. The number of hydrogen-bond acceptors (Lipinski definition) is 5. The summed E-state index contributed by atoms with van der Waals surface area (Å²) in [6.07, 6.45) is 1.60. The third-order valence-corrected chi connectivity index (χ3v) is 5.39. The minimum Gasteiger partial charge on any atom is -0.450 e. The topological polar surface area (TPSA) is 71.5 Å². The maximum absolute atomic E-state index is 12.3. The number of hydrogen-bond donors (Lipinski definition) is 1. The fourth-order valence-electron chi connectivity index (χ4n) is 3.17. The average molecular weight is 388 g/mol. The van der Waals surface area contributed by atoms with E-state index >= 15 is 0 Å². The van der Waals surface area contributed by atoms with Gasteiger partial charge in [-0.2, -0.15) is 0 Å². The molecule has 2 amide bonds. The van der Waals surface area contributed by atoms with Crippen LogP contribution in [0.15, 0.2) is 29.6 Å². The van der Waals surface area contributed by atoms with Gasteiger partial charge in [-0.25, -0.2) is 9.78 Å². The summed E-state index contributed by atoms with van der Waals surface area (Å²) in [7, 11) is 0. The quantitative estimate of drug-likeness (QED) is 0.854. The minimum absolute atomic E-state index is 0.0156. The Bertz CT molecular complexity index is 780. The van der Waals surface area contributed by atoms with Crippen LogP contribution in [0, 0.1) is 6.92 Å². The summed E-state index contributed by atoms with van der Waals surface area (Å²) in [6.45, 7) is 5.41. The summed E-state index contributed by atoms with van der Waals surface area (Å²) >= 11 is 1.63. The van der Waals surface area contributed by atoms with Gasteiger partial charge in [-0.1, -0.05) is 24.3 Å². The largest absolute Gasteiger partial charge is 0.450 e. The van der Waals surface area contributed by atoms with E-state index in [-0.39, 0.29) is 18.0 Å². The highest BCUT2D eigenvalue weighted by molar-refractivity contribution is 7.09. The molecule has 1 saturated heterocycles. The zero-order valence-corrected chi connectivity index (χ0v) is 16.6. The molecular weight excluding hydrogens is 362 g/mol. The minimum atomic E-state index is -0.266. The summed E-state index contributed by atoms with van der Waals surface area (Å²) < 4.78 is 5.02. The third kappa shape index (κ3) is 5.29. The Morgan fingerprint density at radius 2 is 1.96 bits per heavy atom. The van der Waals surface area contributed by atoms with Gasteiger partial charge in [0.15, 0.2) is 0 Å². The Balaban J connectivity index is 1.46. The van der Waals surface area contributed by atoms with Gasteiger partial charge in [0.2, 0.25) is 5.91 Å². The monoisotopic (exact) mass is 387 g/mol. The first-order valence-corrected chi connectivity index (χ1v) is 10.2. The van der Waals surface area contributed by atoms with Gasteiger partial charge >= 0.3 is 6.09 Å². The van der Waals surface area contributed by atoms with Gasteiger partial charge in [-0.3, -0.25) is 4.79 Å². The predicted octanol–water partition coefficient (Wildman–Crippen LogP) is 3.40. The van der Waals surface area contributed by atoms with E-state index in [2.05, 4.69) is 10.3 Å². The number of thiazole rings is 1. The summed E-state index contributed by atoms with van der Waals surface area (Å²) in [6, 6.07) is 8.09. The van der Waals surface area contributed by atoms with E-state index in [0.717, 1.165) is 34.7 Å². The molecular formula is C20H25N3O3S. The molecule has 0 radical (unpaired) electrons. The van der Waals surface area contributed by atoms with Crippen molar-refractivity contribution < 1.29 is 14.3 Å². The number of carbonyl (C=O) groups is 2. The molecule has 2 heterocycles. The van der Waals surface area contributed by atoms with Gasteiger partial charge in [0, 0.05) is 30.1 Å². The first-order chi connectivity index (χ1) is 13.0. The fourth-order valence-corrected chi connectivity index (χ4v) is 3.80. The standard InChI is InChI=1S/C20H25N3O3S/c1-3-26-20(25)23-10-8-17(9-11-23)22-19(24)12-15-4-6-16(7-5-15)18-13-27-14(2)21-18/h4-7,13,17H,3,8-12H2,1-2H3,(H,22,24). The molecule has 0 saturated carbocycles. The van der Waals surface area contributed by atoms with Crippen molar-refractivity contribution >= 4 is 23.3 Å². The van der Waals surface area contributed by atoms with E-state index in [1.54, 1.807) is 23.2 Å². The van der Waals surface area contributed by atoms with Gasteiger partial charge in [-0.15, -0.1) is 11.3 Å². The van der Waals surface area contributed by atoms with Crippen LogP contribution in [0.25, 0.3) is 11.3 Å². The average Bonchev–Trinajstić information content (AvgIpc) is 3.09. The molecule has 27 heavy (non-hydrogen) atoms. The molecule has 0 atom stereocenters. The number of benzene rings is 1. The lowest BCUT2D eigenvalue weighted by atomic mass is 10.0. The van der Waals surface area contributed by atoms with Crippen molar-refractivity contribution in [2.24, 2.45) is 0 Å². The number of likely N-dealkylation sites (tertiary alicyclic amines) is 1. The number of rotatable bonds is 5. The fraction of sp³-hybridized carbons (Fsp3) is 0.450. The van der Waals surface area contributed by atoms with Crippen molar-refractivity contribution in [1.29, 1.82) is 0 Å². The first-order valence-electron chi connectivity index (χ1n) is 9.27. The van der Waals surface area contributed by atoms with Crippen molar-refractivity contribution in [1.82, 2.24) is 15.2 Å². The van der Waals surface area contributed by atoms with Crippen LogP contribution in [0.3, 0.4) is 0 Å². The predicted molar refractivity (Wildman–Crippen MR) is 106 cm³/mol. The molecule has 6 nitrogen and oxygen atoms in total. The highest BCUT2D eigenvalue weighted by atomic mass is 32.1. The van der Waals surface area contributed by atoms with Crippen molar-refractivity contribution in [2.75, 3.05) is 19.7 Å². The van der Waals surface area contributed by atoms with E-state index in [1.807, 2.05) is 36.6 Å². The summed E-state index contributed by atoms with van der Waals surface area (Å²) in [4.78, 5) is 30.2. The lowest BCUT2D eigenvalue weighted by Gasteiger charge is -2.31. The Hall–Kier alpha value is -2.41. The zero-order chi connectivity index (χ0) is 19.2. The molecule has 3 rings (SSSR count). The number of carbonyl (C=O) groups excluding carboxylic acids is 2.